The van der Waals surface area contributed by atoms with Gasteiger partial charge in [-0.1, -0.05) is 35.9 Å². The van der Waals surface area contributed by atoms with Gasteiger partial charge in [-0.3, -0.25) is 4.99 Å². The van der Waals surface area contributed by atoms with E-state index in [-0.39, 0.29) is 0 Å². The Labute approximate surface area is 185 Å². The zero-order chi connectivity index (χ0) is 21.6. The van der Waals surface area contributed by atoms with Gasteiger partial charge in [-0.05, 0) is 36.6 Å². The highest BCUT2D eigenvalue weighted by Gasteiger charge is 2.12. The normalized spacial score (nSPS) is 12.8. The zero-order valence-electron chi connectivity index (χ0n) is 17.6. The summed E-state index contributed by atoms with van der Waals surface area (Å²) in [6.07, 6.45) is 1.80. The number of aromatic nitrogens is 1. The number of thiophene rings is 1. The van der Waals surface area contributed by atoms with E-state index in [2.05, 4.69) is 39.7 Å². The predicted molar refractivity (Wildman–Crippen MR) is 127 cm³/mol. The van der Waals surface area contributed by atoms with E-state index in [1.165, 1.54) is 10.3 Å². The average Bonchev–Trinajstić information content (AvgIpc) is 3.43. The third kappa shape index (κ3) is 5.31. The van der Waals surface area contributed by atoms with Gasteiger partial charge in [0.25, 0.3) is 0 Å². The van der Waals surface area contributed by atoms with Crippen LogP contribution in [0.15, 0.2) is 70.3 Å². The van der Waals surface area contributed by atoms with Gasteiger partial charge >= 0.3 is 0 Å². The summed E-state index contributed by atoms with van der Waals surface area (Å²) in [6, 6.07) is 18.3. The molecule has 0 amide bonds. The van der Waals surface area contributed by atoms with Crippen LogP contribution in [0.3, 0.4) is 0 Å². The Balaban J connectivity index is 1.25. The van der Waals surface area contributed by atoms with Crippen molar-refractivity contribution < 1.29 is 9.52 Å². The van der Waals surface area contributed by atoms with Gasteiger partial charge in [0, 0.05) is 41.7 Å². The Bertz CT molecular complexity index is 1130. The lowest BCUT2D eigenvalue weighted by Gasteiger charge is -2.14. The van der Waals surface area contributed by atoms with E-state index in [9.17, 15) is 5.11 Å². The molecule has 1 unspecified atom stereocenters. The molecular weight excluding hydrogens is 408 g/mol. The number of hydrogen-bond acceptors (Lipinski definition) is 5. The largest absolute Gasteiger partial charge is 0.444 e. The van der Waals surface area contributed by atoms with Crippen LogP contribution in [0.5, 0.6) is 0 Å². The van der Waals surface area contributed by atoms with Crippen LogP contribution in [0.25, 0.3) is 21.5 Å². The first-order chi connectivity index (χ1) is 15.1. The molecule has 160 valence electrons. The molecule has 0 saturated carbocycles. The molecule has 6 nitrogen and oxygen atoms in total. The lowest BCUT2D eigenvalue weighted by Crippen LogP contribution is -2.40. The fourth-order valence-electron chi connectivity index (χ4n) is 3.24. The molecule has 0 fully saturated rings. The van der Waals surface area contributed by atoms with Crippen molar-refractivity contribution in [2.24, 2.45) is 4.99 Å². The summed E-state index contributed by atoms with van der Waals surface area (Å²) < 4.78 is 6.79. The van der Waals surface area contributed by atoms with Gasteiger partial charge in [0.1, 0.15) is 12.4 Å². The van der Waals surface area contributed by atoms with Crippen molar-refractivity contribution >= 4 is 27.4 Å². The average molecular weight is 435 g/mol. The van der Waals surface area contributed by atoms with E-state index < -0.39 is 6.10 Å². The van der Waals surface area contributed by atoms with Gasteiger partial charge < -0.3 is 20.2 Å². The van der Waals surface area contributed by atoms with Crippen molar-refractivity contribution in [2.75, 3.05) is 20.1 Å². The molecule has 2 aromatic heterocycles. The van der Waals surface area contributed by atoms with Crippen LogP contribution < -0.4 is 10.6 Å². The number of aryl methyl sites for hydroxylation is 1. The molecule has 3 N–H and O–H groups in total. The summed E-state index contributed by atoms with van der Waals surface area (Å²) in [5.74, 6) is 1.27. The summed E-state index contributed by atoms with van der Waals surface area (Å²) in [5, 5.41) is 18.1. The summed E-state index contributed by atoms with van der Waals surface area (Å²) >= 11 is 1.61. The lowest BCUT2D eigenvalue weighted by molar-refractivity contribution is 0.184. The number of aliphatic imine (C=N–C) groups is 1. The number of guanidine groups is 1. The number of benzene rings is 2. The van der Waals surface area contributed by atoms with Gasteiger partial charge in [-0.2, -0.15) is 0 Å². The Morgan fingerprint density at radius 2 is 1.97 bits per heavy atom. The standard InChI is InChI=1S/C24H26N4O2S/c1-16-7-9-17(10-8-16)23-28-19(15-30-23)11-12-26-24(25-2)27-14-20(29)22-13-18-5-3-4-6-21(18)31-22/h3-10,13,15,20,29H,11-12,14H2,1-2H3,(H2,25,26,27). The third-order valence-corrected chi connectivity index (χ3v) is 6.20. The number of aliphatic hydroxyl groups excluding tert-OH is 1. The molecule has 0 saturated heterocycles. The van der Waals surface area contributed by atoms with Crippen molar-refractivity contribution in [2.45, 2.75) is 19.4 Å². The Morgan fingerprint density at radius 3 is 2.74 bits per heavy atom. The lowest BCUT2D eigenvalue weighted by atomic mass is 10.1. The Kier molecular flexibility index (Phi) is 6.64. The van der Waals surface area contributed by atoms with E-state index in [1.807, 2.05) is 42.5 Å². The molecule has 4 aromatic rings. The molecule has 0 aliphatic carbocycles. The topological polar surface area (TPSA) is 82.7 Å². The number of nitrogens with zero attached hydrogens (tertiary/aromatic N) is 2. The zero-order valence-corrected chi connectivity index (χ0v) is 18.4. The molecule has 2 aromatic carbocycles. The molecule has 0 aliphatic heterocycles. The highest BCUT2D eigenvalue weighted by molar-refractivity contribution is 7.19. The fraction of sp³-hybridized carbons (Fsp3) is 0.250. The van der Waals surface area contributed by atoms with E-state index in [4.69, 9.17) is 4.42 Å². The predicted octanol–water partition coefficient (Wildman–Crippen LogP) is 4.31. The highest BCUT2D eigenvalue weighted by Crippen LogP contribution is 2.29. The number of rotatable bonds is 7. The van der Waals surface area contributed by atoms with Crippen molar-refractivity contribution in [3.8, 4) is 11.5 Å². The van der Waals surface area contributed by atoms with Gasteiger partial charge in [0.2, 0.25) is 5.89 Å². The van der Waals surface area contributed by atoms with Crippen LogP contribution in [-0.2, 0) is 6.42 Å². The van der Waals surface area contributed by atoms with Crippen LogP contribution in [0.2, 0.25) is 0 Å². The smallest absolute Gasteiger partial charge is 0.226 e. The summed E-state index contributed by atoms with van der Waals surface area (Å²) in [6.45, 7) is 3.09. The monoisotopic (exact) mass is 434 g/mol. The van der Waals surface area contributed by atoms with Gasteiger partial charge in [-0.15, -0.1) is 11.3 Å². The van der Waals surface area contributed by atoms with E-state index >= 15 is 0 Å². The first-order valence-electron chi connectivity index (χ1n) is 10.2. The summed E-state index contributed by atoms with van der Waals surface area (Å²) in [5.41, 5.74) is 3.05. The molecule has 0 aliphatic rings. The third-order valence-electron chi connectivity index (χ3n) is 4.98. The minimum absolute atomic E-state index is 0.383. The SMILES string of the molecule is CN=C(NCCc1coc(-c2ccc(C)cc2)n1)NCC(O)c1cc2ccccc2s1. The molecule has 31 heavy (non-hydrogen) atoms. The van der Waals surface area contributed by atoms with Crippen LogP contribution in [0.4, 0.5) is 0 Å². The van der Waals surface area contributed by atoms with Crippen molar-refractivity contribution in [1.29, 1.82) is 0 Å². The van der Waals surface area contributed by atoms with E-state index in [0.29, 0.717) is 31.4 Å². The summed E-state index contributed by atoms with van der Waals surface area (Å²) in [7, 11) is 1.72. The molecule has 0 spiro atoms. The quantitative estimate of drug-likeness (QED) is 0.298. The van der Waals surface area contributed by atoms with Gasteiger partial charge in [0.15, 0.2) is 5.96 Å². The minimum atomic E-state index is -0.594. The molecule has 4 rings (SSSR count). The maximum absolute atomic E-state index is 10.5. The molecule has 0 bridgehead atoms. The maximum atomic E-state index is 10.5. The summed E-state index contributed by atoms with van der Waals surface area (Å²) in [4.78, 5) is 9.73. The number of oxazole rings is 1. The molecule has 0 radical (unpaired) electrons. The number of nitrogens with one attached hydrogen (secondary N) is 2. The first kappa shape index (κ1) is 21.1. The Hall–Kier alpha value is -3.16. The highest BCUT2D eigenvalue weighted by atomic mass is 32.1. The molecule has 1 atom stereocenters. The van der Waals surface area contributed by atoms with Crippen LogP contribution >= 0.6 is 11.3 Å². The van der Waals surface area contributed by atoms with Gasteiger partial charge in [-0.25, -0.2) is 4.98 Å². The van der Waals surface area contributed by atoms with Crippen LogP contribution in [0.1, 0.15) is 22.2 Å². The number of aliphatic hydroxyl groups is 1. The Morgan fingerprint density at radius 1 is 1.16 bits per heavy atom. The van der Waals surface area contributed by atoms with Crippen molar-refractivity contribution in [3.05, 3.63) is 77.0 Å². The fourth-order valence-corrected chi connectivity index (χ4v) is 4.29. The molecular formula is C24H26N4O2S. The first-order valence-corrected chi connectivity index (χ1v) is 11.1. The maximum Gasteiger partial charge on any atom is 0.226 e. The second kappa shape index (κ2) is 9.76. The van der Waals surface area contributed by atoms with Crippen molar-refractivity contribution in [3.63, 3.8) is 0 Å². The second-order valence-corrected chi connectivity index (χ2v) is 8.46. The minimum Gasteiger partial charge on any atom is -0.444 e. The molecule has 7 heteroatoms. The van der Waals surface area contributed by atoms with Crippen LogP contribution in [0, 0.1) is 6.92 Å². The second-order valence-electron chi connectivity index (χ2n) is 7.34. The van der Waals surface area contributed by atoms with E-state index in [1.54, 1.807) is 24.6 Å². The van der Waals surface area contributed by atoms with Gasteiger partial charge in [0.05, 0.1) is 5.69 Å². The molecule has 2 heterocycles. The van der Waals surface area contributed by atoms with Crippen molar-refractivity contribution in [1.82, 2.24) is 15.6 Å². The number of hydrogen-bond donors (Lipinski definition) is 3. The van der Waals surface area contributed by atoms with E-state index in [0.717, 1.165) is 21.5 Å². The van der Waals surface area contributed by atoms with Crippen LogP contribution in [-0.4, -0.2) is 36.2 Å². The number of fused-ring (bicyclic) bond motifs is 1.